The lowest BCUT2D eigenvalue weighted by Gasteiger charge is -2.09. The summed E-state index contributed by atoms with van der Waals surface area (Å²) in [7, 11) is 0. The Bertz CT molecular complexity index is 855. The van der Waals surface area contributed by atoms with Gasteiger partial charge in [-0.25, -0.2) is 4.98 Å². The van der Waals surface area contributed by atoms with E-state index in [1.165, 1.54) is 6.07 Å². The Kier molecular flexibility index (Phi) is 4.61. The van der Waals surface area contributed by atoms with Crippen LogP contribution in [0.1, 0.15) is 27.3 Å². The van der Waals surface area contributed by atoms with E-state index in [1.54, 1.807) is 24.4 Å². The van der Waals surface area contributed by atoms with E-state index < -0.39 is 0 Å². The van der Waals surface area contributed by atoms with Crippen LogP contribution in [0.15, 0.2) is 60.9 Å². The van der Waals surface area contributed by atoms with E-state index in [4.69, 9.17) is 0 Å². The third kappa shape index (κ3) is 3.81. The van der Waals surface area contributed by atoms with Gasteiger partial charge in [0.15, 0.2) is 0 Å². The minimum atomic E-state index is -0.207. The highest BCUT2D eigenvalue weighted by Gasteiger charge is 2.06. The molecule has 1 amide bonds. The lowest BCUT2D eigenvalue weighted by atomic mass is 10.1. The van der Waals surface area contributed by atoms with E-state index in [0.717, 1.165) is 23.5 Å². The molecule has 0 aliphatic heterocycles. The molecule has 0 aliphatic rings. The first-order valence-electron chi connectivity index (χ1n) is 7.74. The van der Waals surface area contributed by atoms with Crippen LogP contribution in [0, 0.1) is 6.92 Å². The first kappa shape index (κ1) is 15.8. The third-order valence-corrected chi connectivity index (χ3v) is 3.83. The van der Waals surface area contributed by atoms with Crippen LogP contribution >= 0.6 is 0 Å². The van der Waals surface area contributed by atoms with Crippen LogP contribution in [0.3, 0.4) is 0 Å². The maximum atomic E-state index is 12.1. The molecular formula is C19H19N3O2. The average molecular weight is 321 g/mol. The lowest BCUT2D eigenvalue weighted by molar-refractivity contribution is 0.0950. The number of rotatable bonds is 5. The molecule has 0 saturated carbocycles. The number of hydrogen-bond donors (Lipinski definition) is 2. The Labute approximate surface area is 140 Å². The lowest BCUT2D eigenvalue weighted by Crippen LogP contribution is -2.22. The molecule has 0 spiro atoms. The average Bonchev–Trinajstić information content (AvgIpc) is 2.98. The Morgan fingerprint density at radius 1 is 1.17 bits per heavy atom. The molecule has 122 valence electrons. The molecule has 1 aromatic heterocycles. The van der Waals surface area contributed by atoms with Gasteiger partial charge in [-0.05, 0) is 36.2 Å². The number of benzene rings is 2. The van der Waals surface area contributed by atoms with Crippen LogP contribution in [0.5, 0.6) is 5.75 Å². The van der Waals surface area contributed by atoms with Crippen molar-refractivity contribution < 1.29 is 9.90 Å². The van der Waals surface area contributed by atoms with Gasteiger partial charge in [0.2, 0.25) is 0 Å². The number of aromatic nitrogens is 2. The molecule has 0 saturated heterocycles. The first-order valence-corrected chi connectivity index (χ1v) is 7.74. The zero-order chi connectivity index (χ0) is 16.9. The molecule has 0 aliphatic carbocycles. The van der Waals surface area contributed by atoms with Crippen LogP contribution < -0.4 is 5.32 Å². The van der Waals surface area contributed by atoms with E-state index in [0.29, 0.717) is 12.1 Å². The summed E-state index contributed by atoms with van der Waals surface area (Å²) in [6.07, 6.45) is 3.74. The molecule has 0 fully saturated rings. The Morgan fingerprint density at radius 3 is 2.71 bits per heavy atom. The van der Waals surface area contributed by atoms with Gasteiger partial charge in [0.05, 0.1) is 0 Å². The van der Waals surface area contributed by atoms with Gasteiger partial charge in [0.25, 0.3) is 5.91 Å². The molecule has 0 bridgehead atoms. The number of nitrogens with one attached hydrogen (secondary N) is 1. The van der Waals surface area contributed by atoms with Gasteiger partial charge in [-0.15, -0.1) is 0 Å². The van der Waals surface area contributed by atoms with Gasteiger partial charge < -0.3 is 15.0 Å². The summed E-state index contributed by atoms with van der Waals surface area (Å²) >= 11 is 0. The van der Waals surface area contributed by atoms with Crippen molar-refractivity contribution in [1.82, 2.24) is 14.9 Å². The smallest absolute Gasteiger partial charge is 0.251 e. The number of carbonyl (C=O) groups excluding carboxylic acids is 1. The maximum absolute atomic E-state index is 12.1. The van der Waals surface area contributed by atoms with Crippen molar-refractivity contribution in [3.8, 4) is 5.75 Å². The second-order valence-electron chi connectivity index (χ2n) is 5.66. The van der Waals surface area contributed by atoms with Crippen LogP contribution in [0.2, 0.25) is 0 Å². The molecule has 0 radical (unpaired) electrons. The molecule has 0 atom stereocenters. The highest BCUT2D eigenvalue weighted by atomic mass is 16.3. The molecule has 1 heterocycles. The quantitative estimate of drug-likeness (QED) is 0.759. The summed E-state index contributed by atoms with van der Waals surface area (Å²) in [6, 6.07) is 14.4. The zero-order valence-electron chi connectivity index (χ0n) is 13.4. The Balaban J connectivity index is 1.64. The van der Waals surface area contributed by atoms with E-state index in [2.05, 4.69) is 27.0 Å². The van der Waals surface area contributed by atoms with Gasteiger partial charge >= 0.3 is 0 Å². The fourth-order valence-electron chi connectivity index (χ4n) is 2.54. The van der Waals surface area contributed by atoms with Gasteiger partial charge in [0, 0.05) is 31.0 Å². The van der Waals surface area contributed by atoms with Crippen molar-refractivity contribution in [3.63, 3.8) is 0 Å². The summed E-state index contributed by atoms with van der Waals surface area (Å²) in [5.41, 5.74) is 2.62. The summed E-state index contributed by atoms with van der Waals surface area (Å²) in [6.45, 7) is 3.16. The number of phenols is 1. The Morgan fingerprint density at radius 2 is 1.96 bits per heavy atom. The van der Waals surface area contributed by atoms with Crippen molar-refractivity contribution in [2.45, 2.75) is 20.0 Å². The van der Waals surface area contributed by atoms with Gasteiger partial charge in [-0.3, -0.25) is 4.79 Å². The molecule has 2 aromatic carbocycles. The van der Waals surface area contributed by atoms with Crippen molar-refractivity contribution in [1.29, 1.82) is 0 Å². The van der Waals surface area contributed by atoms with Crippen molar-refractivity contribution in [2.24, 2.45) is 0 Å². The molecule has 3 aromatic rings. The second kappa shape index (κ2) is 7.00. The number of imidazole rings is 1. The molecule has 24 heavy (non-hydrogen) atoms. The SMILES string of the molecule is Cc1nccn1Cc1cccc(CNC(=O)c2cccc(O)c2)c1. The summed E-state index contributed by atoms with van der Waals surface area (Å²) in [5.74, 6) is 0.847. The van der Waals surface area contributed by atoms with Crippen molar-refractivity contribution >= 4 is 5.91 Å². The molecule has 3 rings (SSSR count). The fraction of sp³-hybridized carbons (Fsp3) is 0.158. The zero-order valence-corrected chi connectivity index (χ0v) is 13.4. The number of nitrogens with zero attached hydrogens (tertiary/aromatic N) is 2. The van der Waals surface area contributed by atoms with E-state index in [-0.39, 0.29) is 11.7 Å². The van der Waals surface area contributed by atoms with E-state index in [9.17, 15) is 9.90 Å². The second-order valence-corrected chi connectivity index (χ2v) is 5.66. The number of phenolic OH excluding ortho intramolecular Hbond substituents is 1. The summed E-state index contributed by atoms with van der Waals surface area (Å²) < 4.78 is 2.07. The topological polar surface area (TPSA) is 67.2 Å². The van der Waals surface area contributed by atoms with E-state index >= 15 is 0 Å². The maximum Gasteiger partial charge on any atom is 0.251 e. The third-order valence-electron chi connectivity index (χ3n) is 3.83. The fourth-order valence-corrected chi connectivity index (χ4v) is 2.54. The number of hydrogen-bond acceptors (Lipinski definition) is 3. The number of carbonyl (C=O) groups is 1. The Hall–Kier alpha value is -3.08. The highest BCUT2D eigenvalue weighted by molar-refractivity contribution is 5.94. The van der Waals surface area contributed by atoms with Gasteiger partial charge in [0.1, 0.15) is 11.6 Å². The van der Waals surface area contributed by atoms with Crippen molar-refractivity contribution in [3.05, 3.63) is 83.4 Å². The largest absolute Gasteiger partial charge is 0.508 e. The predicted octanol–water partition coefficient (Wildman–Crippen LogP) is 2.88. The summed E-state index contributed by atoms with van der Waals surface area (Å²) in [4.78, 5) is 16.3. The monoisotopic (exact) mass is 321 g/mol. The number of aryl methyl sites for hydroxylation is 1. The predicted molar refractivity (Wildman–Crippen MR) is 91.8 cm³/mol. The standard InChI is InChI=1S/C19H19N3O2/c1-14-20-8-9-22(14)13-16-5-2-4-15(10-16)12-21-19(24)17-6-3-7-18(23)11-17/h2-11,23H,12-13H2,1H3,(H,21,24). The number of aromatic hydroxyl groups is 1. The molecule has 5 heteroatoms. The molecule has 5 nitrogen and oxygen atoms in total. The van der Waals surface area contributed by atoms with Crippen molar-refractivity contribution in [2.75, 3.05) is 0 Å². The number of amides is 1. The normalized spacial score (nSPS) is 10.5. The molecular weight excluding hydrogens is 302 g/mol. The van der Waals surface area contributed by atoms with Crippen LogP contribution in [0.4, 0.5) is 0 Å². The van der Waals surface area contributed by atoms with Crippen LogP contribution in [0.25, 0.3) is 0 Å². The van der Waals surface area contributed by atoms with Gasteiger partial charge in [-0.2, -0.15) is 0 Å². The molecule has 2 N–H and O–H groups in total. The minimum Gasteiger partial charge on any atom is -0.508 e. The highest BCUT2D eigenvalue weighted by Crippen LogP contribution is 2.12. The van der Waals surface area contributed by atoms with Crippen LogP contribution in [-0.2, 0) is 13.1 Å². The summed E-state index contributed by atoms with van der Waals surface area (Å²) in [5, 5.41) is 12.3. The van der Waals surface area contributed by atoms with E-state index in [1.807, 2.05) is 25.3 Å². The van der Waals surface area contributed by atoms with Gasteiger partial charge in [-0.1, -0.05) is 30.3 Å². The molecule has 0 unspecified atom stereocenters. The minimum absolute atomic E-state index is 0.0837. The van der Waals surface area contributed by atoms with Crippen LogP contribution in [-0.4, -0.2) is 20.6 Å². The first-order chi connectivity index (χ1) is 11.6.